The zero-order valence-electron chi connectivity index (χ0n) is 10.9. The molecule has 2 rings (SSSR count). The first-order valence-electron chi connectivity index (χ1n) is 6.09. The molecule has 0 aliphatic rings. The average Bonchev–Trinajstić information content (AvgIpc) is 2.39. The van der Waals surface area contributed by atoms with Crippen molar-refractivity contribution < 1.29 is 9.13 Å². The van der Waals surface area contributed by atoms with Gasteiger partial charge in [-0.1, -0.05) is 33.6 Å². The Morgan fingerprint density at radius 2 is 2.05 bits per heavy atom. The van der Waals surface area contributed by atoms with Crippen molar-refractivity contribution in [2.45, 2.75) is 19.6 Å². The fourth-order valence-electron chi connectivity index (χ4n) is 1.82. The number of ether oxygens (including phenoxy) is 1. The van der Waals surface area contributed by atoms with Crippen molar-refractivity contribution in [1.82, 2.24) is 0 Å². The fraction of sp³-hybridized carbons (Fsp3) is 0.200. The summed E-state index contributed by atoms with van der Waals surface area (Å²) in [4.78, 5) is 0. The molecule has 5 heteroatoms. The van der Waals surface area contributed by atoms with Gasteiger partial charge in [-0.05, 0) is 37.3 Å². The molecule has 0 aliphatic carbocycles. The van der Waals surface area contributed by atoms with E-state index in [-0.39, 0.29) is 18.5 Å². The molecule has 0 unspecified atom stereocenters. The van der Waals surface area contributed by atoms with E-state index in [1.165, 1.54) is 18.2 Å². The lowest BCUT2D eigenvalue weighted by Gasteiger charge is -2.15. The maximum Gasteiger partial charge on any atom is 0.125 e. The Labute approximate surface area is 130 Å². The number of nitrogens with two attached hydrogens (primary N) is 1. The third kappa shape index (κ3) is 3.72. The zero-order valence-corrected chi connectivity index (χ0v) is 13.2. The van der Waals surface area contributed by atoms with Gasteiger partial charge in [-0.25, -0.2) is 4.39 Å². The van der Waals surface area contributed by atoms with Gasteiger partial charge in [0.25, 0.3) is 0 Å². The highest BCUT2D eigenvalue weighted by Gasteiger charge is 2.10. The van der Waals surface area contributed by atoms with Crippen LogP contribution in [0.2, 0.25) is 5.02 Å². The third-order valence-electron chi connectivity index (χ3n) is 2.86. The minimum Gasteiger partial charge on any atom is -0.488 e. The summed E-state index contributed by atoms with van der Waals surface area (Å²) in [7, 11) is 0. The van der Waals surface area contributed by atoms with Gasteiger partial charge in [0.2, 0.25) is 0 Å². The molecule has 0 saturated heterocycles. The first-order chi connectivity index (χ1) is 9.47. The highest BCUT2D eigenvalue weighted by Crippen LogP contribution is 2.29. The highest BCUT2D eigenvalue weighted by molar-refractivity contribution is 9.10. The summed E-state index contributed by atoms with van der Waals surface area (Å²) in [5, 5.41) is 0.476. The molecule has 0 fully saturated rings. The summed E-state index contributed by atoms with van der Waals surface area (Å²) in [6.07, 6.45) is 0. The number of rotatable bonds is 4. The van der Waals surface area contributed by atoms with Crippen LogP contribution in [0, 0.1) is 5.82 Å². The molecule has 0 spiro atoms. The van der Waals surface area contributed by atoms with E-state index in [0.29, 0.717) is 16.3 Å². The SMILES string of the molecule is C[C@@H](N)c1ccc(Br)cc1OCc1cc(F)ccc1Cl. The van der Waals surface area contributed by atoms with Crippen molar-refractivity contribution in [3.63, 3.8) is 0 Å². The van der Waals surface area contributed by atoms with E-state index < -0.39 is 0 Å². The highest BCUT2D eigenvalue weighted by atomic mass is 79.9. The molecule has 2 aromatic rings. The van der Waals surface area contributed by atoms with Crippen LogP contribution >= 0.6 is 27.5 Å². The van der Waals surface area contributed by atoms with Crippen LogP contribution in [0.25, 0.3) is 0 Å². The second-order valence-electron chi connectivity index (χ2n) is 4.50. The Morgan fingerprint density at radius 3 is 2.75 bits per heavy atom. The largest absolute Gasteiger partial charge is 0.488 e. The lowest BCUT2D eigenvalue weighted by atomic mass is 10.1. The average molecular weight is 359 g/mol. The maximum atomic E-state index is 13.2. The van der Waals surface area contributed by atoms with Crippen LogP contribution in [-0.2, 0) is 6.61 Å². The second kappa shape index (κ2) is 6.57. The van der Waals surface area contributed by atoms with Gasteiger partial charge in [0.05, 0.1) is 0 Å². The van der Waals surface area contributed by atoms with Gasteiger partial charge in [-0.15, -0.1) is 0 Å². The Hall–Kier alpha value is -1.10. The van der Waals surface area contributed by atoms with Gasteiger partial charge in [-0.3, -0.25) is 0 Å². The van der Waals surface area contributed by atoms with Gasteiger partial charge in [0.1, 0.15) is 18.2 Å². The van der Waals surface area contributed by atoms with E-state index in [9.17, 15) is 4.39 Å². The van der Waals surface area contributed by atoms with Gasteiger partial charge in [0, 0.05) is 26.7 Å². The van der Waals surface area contributed by atoms with Crippen LogP contribution in [0.1, 0.15) is 24.1 Å². The number of halogens is 3. The fourth-order valence-corrected chi connectivity index (χ4v) is 2.33. The van der Waals surface area contributed by atoms with Crippen molar-refractivity contribution in [3.8, 4) is 5.75 Å². The van der Waals surface area contributed by atoms with Crippen molar-refractivity contribution in [3.05, 3.63) is 62.8 Å². The summed E-state index contributed by atoms with van der Waals surface area (Å²) in [6.45, 7) is 2.07. The summed E-state index contributed by atoms with van der Waals surface area (Å²) >= 11 is 9.41. The molecule has 0 aromatic heterocycles. The van der Waals surface area contributed by atoms with Crippen LogP contribution in [0.5, 0.6) is 5.75 Å². The van der Waals surface area contributed by atoms with Gasteiger partial charge >= 0.3 is 0 Å². The molecule has 0 aliphatic heterocycles. The Bertz CT molecular complexity index is 619. The molecule has 0 bridgehead atoms. The standard InChI is InChI=1S/C15H14BrClFNO/c1-9(19)13-4-2-11(16)7-15(13)20-8-10-6-12(18)3-5-14(10)17/h2-7,9H,8,19H2,1H3/t9-/m1/s1. The van der Waals surface area contributed by atoms with E-state index >= 15 is 0 Å². The number of hydrogen-bond donors (Lipinski definition) is 1. The minimum absolute atomic E-state index is 0.152. The van der Waals surface area contributed by atoms with Gasteiger partial charge < -0.3 is 10.5 Å². The minimum atomic E-state index is -0.338. The molecule has 2 nitrogen and oxygen atoms in total. The smallest absolute Gasteiger partial charge is 0.125 e. The van der Waals surface area contributed by atoms with Crippen LogP contribution in [-0.4, -0.2) is 0 Å². The Kier molecular flexibility index (Phi) is 5.02. The van der Waals surface area contributed by atoms with E-state index in [1.54, 1.807) is 0 Å². The zero-order chi connectivity index (χ0) is 14.7. The lowest BCUT2D eigenvalue weighted by Crippen LogP contribution is -2.08. The first kappa shape index (κ1) is 15.3. The van der Waals surface area contributed by atoms with Crippen LogP contribution in [0.15, 0.2) is 40.9 Å². The maximum absolute atomic E-state index is 13.2. The van der Waals surface area contributed by atoms with Crippen LogP contribution in [0.3, 0.4) is 0 Å². The van der Waals surface area contributed by atoms with Crippen LogP contribution in [0.4, 0.5) is 4.39 Å². The van der Waals surface area contributed by atoms with Crippen molar-refractivity contribution in [2.75, 3.05) is 0 Å². The third-order valence-corrected chi connectivity index (χ3v) is 3.72. The quantitative estimate of drug-likeness (QED) is 0.848. The summed E-state index contributed by atoms with van der Waals surface area (Å²) in [6, 6.07) is 9.69. The van der Waals surface area contributed by atoms with E-state index in [2.05, 4.69) is 15.9 Å². The summed E-state index contributed by atoms with van der Waals surface area (Å²) in [5.41, 5.74) is 7.40. The monoisotopic (exact) mass is 357 g/mol. The van der Waals surface area contributed by atoms with Gasteiger partial charge in [0.15, 0.2) is 0 Å². The second-order valence-corrected chi connectivity index (χ2v) is 5.82. The predicted molar refractivity (Wildman–Crippen MR) is 82.5 cm³/mol. The van der Waals surface area contributed by atoms with E-state index in [4.69, 9.17) is 22.1 Å². The summed E-state index contributed by atoms with van der Waals surface area (Å²) in [5.74, 6) is 0.323. The number of benzene rings is 2. The van der Waals surface area contributed by atoms with Crippen molar-refractivity contribution >= 4 is 27.5 Å². The predicted octanol–water partition coefficient (Wildman–Crippen LogP) is 4.84. The van der Waals surface area contributed by atoms with E-state index in [0.717, 1.165) is 10.0 Å². The molecule has 106 valence electrons. The Morgan fingerprint density at radius 1 is 1.30 bits per heavy atom. The lowest BCUT2D eigenvalue weighted by molar-refractivity contribution is 0.301. The normalized spacial score (nSPS) is 12.2. The van der Waals surface area contributed by atoms with E-state index in [1.807, 2.05) is 25.1 Å². The first-order valence-corrected chi connectivity index (χ1v) is 7.26. The molecule has 2 N–H and O–H groups in total. The molecule has 0 heterocycles. The number of hydrogen-bond acceptors (Lipinski definition) is 2. The molecular formula is C15H14BrClFNO. The molecule has 2 aromatic carbocycles. The molecule has 0 radical (unpaired) electrons. The van der Waals surface area contributed by atoms with Crippen molar-refractivity contribution in [1.29, 1.82) is 0 Å². The molecule has 0 saturated carbocycles. The summed E-state index contributed by atoms with van der Waals surface area (Å²) < 4.78 is 19.8. The van der Waals surface area contributed by atoms with Crippen LogP contribution < -0.4 is 10.5 Å². The van der Waals surface area contributed by atoms with Gasteiger partial charge in [-0.2, -0.15) is 0 Å². The molecule has 20 heavy (non-hydrogen) atoms. The molecule has 1 atom stereocenters. The molecular weight excluding hydrogens is 345 g/mol. The Balaban J connectivity index is 2.22. The topological polar surface area (TPSA) is 35.2 Å². The van der Waals surface area contributed by atoms with Crippen molar-refractivity contribution in [2.24, 2.45) is 5.73 Å². The molecule has 0 amide bonds.